The predicted octanol–water partition coefficient (Wildman–Crippen LogP) is 4.69. The van der Waals surface area contributed by atoms with Crippen LogP contribution in [-0.2, 0) is 5.41 Å². The summed E-state index contributed by atoms with van der Waals surface area (Å²) in [6.07, 6.45) is 9.48. The second-order valence-corrected chi connectivity index (χ2v) is 10.9. The van der Waals surface area contributed by atoms with Gasteiger partial charge in [0.25, 0.3) is 0 Å². The molecule has 2 aromatic carbocycles. The van der Waals surface area contributed by atoms with Crippen molar-refractivity contribution >= 4 is 11.8 Å². The largest absolute Gasteiger partial charge is 0.341 e. The van der Waals surface area contributed by atoms with E-state index in [-0.39, 0.29) is 11.6 Å². The minimum atomic E-state index is -0.156. The summed E-state index contributed by atoms with van der Waals surface area (Å²) in [5.74, 6) is 8.65. The van der Waals surface area contributed by atoms with Crippen LogP contribution < -0.4 is 11.2 Å². The van der Waals surface area contributed by atoms with Gasteiger partial charge in [0.2, 0.25) is 5.96 Å². The fourth-order valence-corrected chi connectivity index (χ4v) is 6.98. The maximum Gasteiger partial charge on any atom is 0.219 e. The van der Waals surface area contributed by atoms with Crippen LogP contribution in [0.1, 0.15) is 66.7 Å². The number of nitrogens with zero attached hydrogens (tertiary/aromatic N) is 4. The van der Waals surface area contributed by atoms with Crippen LogP contribution in [-0.4, -0.2) is 53.5 Å². The number of aliphatic imine (C=N–C) groups is 2. The van der Waals surface area contributed by atoms with Gasteiger partial charge in [-0.15, -0.1) is 13.2 Å². The third kappa shape index (κ3) is 4.12. The minimum Gasteiger partial charge on any atom is -0.341 e. The third-order valence-corrected chi connectivity index (χ3v) is 8.82. The van der Waals surface area contributed by atoms with Crippen molar-refractivity contribution < 1.29 is 0 Å². The first-order valence-corrected chi connectivity index (χ1v) is 13.7. The number of nitrogens with two attached hydrogens (primary N) is 1. The van der Waals surface area contributed by atoms with Crippen LogP contribution in [0.3, 0.4) is 0 Å². The lowest BCUT2D eigenvalue weighted by Crippen LogP contribution is -2.58. The van der Waals surface area contributed by atoms with Crippen molar-refractivity contribution in [1.29, 1.82) is 0 Å². The molecule has 2 aliphatic heterocycles. The number of rotatable bonds is 7. The van der Waals surface area contributed by atoms with E-state index in [2.05, 4.69) is 76.9 Å². The van der Waals surface area contributed by atoms with Gasteiger partial charge in [-0.05, 0) is 47.9 Å². The zero-order chi connectivity index (χ0) is 25.4. The average molecular weight is 495 g/mol. The predicted molar refractivity (Wildman–Crippen MR) is 152 cm³/mol. The Morgan fingerprint density at radius 1 is 0.973 bits per heavy atom. The summed E-state index contributed by atoms with van der Waals surface area (Å²) in [4.78, 5) is 11.8. The van der Waals surface area contributed by atoms with E-state index in [1.807, 2.05) is 12.2 Å². The first-order valence-electron chi connectivity index (χ1n) is 13.7. The van der Waals surface area contributed by atoms with Crippen LogP contribution in [0.5, 0.6) is 0 Å². The van der Waals surface area contributed by atoms with E-state index in [1.54, 1.807) is 5.01 Å². The molecule has 3 N–H and O–H groups in total. The molecule has 2 aromatic rings. The van der Waals surface area contributed by atoms with Crippen molar-refractivity contribution in [2.24, 2.45) is 15.8 Å². The molecule has 7 rings (SSSR count). The van der Waals surface area contributed by atoms with Crippen molar-refractivity contribution in [2.75, 3.05) is 19.6 Å². The maximum atomic E-state index is 6.48. The Kier molecular flexibility index (Phi) is 6.47. The van der Waals surface area contributed by atoms with Crippen molar-refractivity contribution in [3.8, 4) is 0 Å². The Hall–Kier alpha value is -3.22. The second kappa shape index (κ2) is 9.92. The Balaban J connectivity index is 1.16. The Labute approximate surface area is 220 Å². The molecule has 1 fully saturated rings. The first kappa shape index (κ1) is 24.1. The number of likely N-dealkylation sites (tertiary alicyclic amines) is 1. The lowest BCUT2D eigenvalue weighted by Gasteiger charge is -2.50. The first-order chi connectivity index (χ1) is 18.1. The molecule has 1 unspecified atom stereocenters. The summed E-state index contributed by atoms with van der Waals surface area (Å²) in [6.45, 7) is 10.6. The van der Waals surface area contributed by atoms with Gasteiger partial charge in [-0.25, -0.2) is 10.8 Å². The Bertz CT molecular complexity index is 1190. The number of hydrazine groups is 1. The second-order valence-electron chi connectivity index (χ2n) is 10.9. The molecule has 0 amide bonds. The van der Waals surface area contributed by atoms with Crippen molar-refractivity contribution in [2.45, 2.75) is 62.1 Å². The van der Waals surface area contributed by atoms with Crippen molar-refractivity contribution in [1.82, 2.24) is 15.2 Å². The number of hydrogen-bond acceptors (Lipinski definition) is 6. The smallest absolute Gasteiger partial charge is 0.219 e. The lowest BCUT2D eigenvalue weighted by molar-refractivity contribution is 0.216. The molecule has 5 aliphatic rings. The monoisotopic (exact) mass is 494 g/mol. The molecule has 1 atom stereocenters. The van der Waals surface area contributed by atoms with Gasteiger partial charge < -0.3 is 10.2 Å². The normalized spacial score (nSPS) is 26.7. The number of piperidine rings is 1. The van der Waals surface area contributed by atoms with Gasteiger partial charge >= 0.3 is 0 Å². The van der Waals surface area contributed by atoms with Gasteiger partial charge in [0.1, 0.15) is 12.0 Å². The highest BCUT2D eigenvalue weighted by molar-refractivity contribution is 5.98. The molecule has 1 saturated heterocycles. The van der Waals surface area contributed by atoms with Crippen LogP contribution in [0.15, 0.2) is 83.8 Å². The van der Waals surface area contributed by atoms with Crippen LogP contribution >= 0.6 is 0 Å². The molecule has 192 valence electrons. The summed E-state index contributed by atoms with van der Waals surface area (Å²) in [6, 6.07) is 18.8. The van der Waals surface area contributed by atoms with Crippen LogP contribution in [0.4, 0.5) is 0 Å². The molecule has 6 nitrogen and oxygen atoms in total. The molecule has 0 spiro atoms. The standard InChI is InChI=1S/C31H38N6/c1-3-9-28-34-29(10-4-2)37(32)30(35-28)36-19-16-22(17-20-36)33-21-31-18-15-23(24-11-5-7-13-26(24)31)25-12-6-8-14-27(25)31/h3-8,11-14,22-23,29,33H,1-2,9-10,15-21,32H2. The van der Waals surface area contributed by atoms with Gasteiger partial charge in [0.15, 0.2) is 0 Å². The summed E-state index contributed by atoms with van der Waals surface area (Å²) in [7, 11) is 0. The molecule has 3 aliphatic carbocycles. The summed E-state index contributed by atoms with van der Waals surface area (Å²) in [5, 5.41) is 5.74. The zero-order valence-corrected chi connectivity index (χ0v) is 21.6. The lowest BCUT2D eigenvalue weighted by atomic mass is 9.55. The summed E-state index contributed by atoms with van der Waals surface area (Å²) in [5.41, 5.74) is 6.20. The SMILES string of the molecule is C=CCC1=NC(CC=C)N(N)C(N2CCC(NCC34CCC(c5ccccc53)c3ccccc34)CC2)=N1. The third-order valence-electron chi connectivity index (χ3n) is 8.82. The number of nitrogens with one attached hydrogen (secondary N) is 1. The van der Waals surface area contributed by atoms with Crippen LogP contribution in [0.25, 0.3) is 0 Å². The van der Waals surface area contributed by atoms with E-state index in [0.29, 0.717) is 24.8 Å². The molecular formula is C31H38N6. The Morgan fingerprint density at radius 2 is 1.65 bits per heavy atom. The van der Waals surface area contributed by atoms with E-state index in [1.165, 1.54) is 35.1 Å². The molecular weight excluding hydrogens is 456 g/mol. The molecule has 0 aromatic heterocycles. The number of benzene rings is 2. The van der Waals surface area contributed by atoms with Gasteiger partial charge in [-0.3, -0.25) is 5.01 Å². The summed E-state index contributed by atoms with van der Waals surface area (Å²) < 4.78 is 0. The fourth-order valence-electron chi connectivity index (χ4n) is 6.98. The van der Waals surface area contributed by atoms with E-state index < -0.39 is 0 Å². The maximum absolute atomic E-state index is 6.48. The zero-order valence-electron chi connectivity index (χ0n) is 21.6. The molecule has 0 saturated carbocycles. The fraction of sp³-hybridized carbons (Fsp3) is 0.419. The number of amidine groups is 1. The van der Waals surface area contributed by atoms with Crippen molar-refractivity contribution in [3.05, 3.63) is 96.1 Å². The van der Waals surface area contributed by atoms with Gasteiger partial charge in [0.05, 0.1) is 0 Å². The van der Waals surface area contributed by atoms with E-state index in [0.717, 1.165) is 44.3 Å². The van der Waals surface area contributed by atoms with Gasteiger partial charge in [-0.2, -0.15) is 4.99 Å². The molecule has 2 heterocycles. The highest BCUT2D eigenvalue weighted by atomic mass is 15.6. The minimum absolute atomic E-state index is 0.0640. The molecule has 2 bridgehead atoms. The van der Waals surface area contributed by atoms with Crippen molar-refractivity contribution in [3.63, 3.8) is 0 Å². The molecule has 0 radical (unpaired) electrons. The number of fused-ring (bicyclic) bond motifs is 1. The van der Waals surface area contributed by atoms with Gasteiger partial charge in [0, 0.05) is 49.9 Å². The van der Waals surface area contributed by atoms with E-state index in [4.69, 9.17) is 10.8 Å². The van der Waals surface area contributed by atoms with Gasteiger partial charge in [-0.1, -0.05) is 60.7 Å². The van der Waals surface area contributed by atoms with Crippen LogP contribution in [0, 0.1) is 0 Å². The number of hydrogen-bond donors (Lipinski definition) is 2. The quantitative estimate of drug-likeness (QED) is 0.433. The summed E-state index contributed by atoms with van der Waals surface area (Å²) >= 11 is 0. The Morgan fingerprint density at radius 3 is 2.30 bits per heavy atom. The van der Waals surface area contributed by atoms with E-state index >= 15 is 0 Å². The van der Waals surface area contributed by atoms with E-state index in [9.17, 15) is 0 Å². The van der Waals surface area contributed by atoms with Crippen LogP contribution in [0.2, 0.25) is 0 Å². The highest BCUT2D eigenvalue weighted by Crippen LogP contribution is 2.55. The molecule has 37 heavy (non-hydrogen) atoms. The highest BCUT2D eigenvalue weighted by Gasteiger charge is 2.48. The number of guanidine groups is 1. The average Bonchev–Trinajstić information content (AvgIpc) is 2.95. The molecule has 6 heteroatoms. The topological polar surface area (TPSA) is 69.2 Å².